The lowest BCUT2D eigenvalue weighted by atomic mass is 10.0. The summed E-state index contributed by atoms with van der Waals surface area (Å²) in [7, 11) is 1.60. The van der Waals surface area contributed by atoms with Gasteiger partial charge in [-0.15, -0.1) is 0 Å². The van der Waals surface area contributed by atoms with Crippen molar-refractivity contribution in [3.8, 4) is 5.75 Å². The summed E-state index contributed by atoms with van der Waals surface area (Å²) >= 11 is 0. The Kier molecular flexibility index (Phi) is 5.38. The molecule has 132 valence electrons. The molecule has 1 fully saturated rings. The molecule has 3 rings (SSSR count). The smallest absolute Gasteiger partial charge is 0.289 e. The second-order valence-corrected chi connectivity index (χ2v) is 6.10. The third-order valence-corrected chi connectivity index (χ3v) is 4.42. The van der Waals surface area contributed by atoms with Gasteiger partial charge in [0.25, 0.3) is 5.91 Å². The Bertz CT molecular complexity index is 719. The van der Waals surface area contributed by atoms with Gasteiger partial charge in [-0.2, -0.15) is 0 Å². The Morgan fingerprint density at radius 1 is 1.20 bits per heavy atom. The van der Waals surface area contributed by atoms with Crippen LogP contribution in [0.1, 0.15) is 29.0 Å². The van der Waals surface area contributed by atoms with Crippen LogP contribution >= 0.6 is 0 Å². The van der Waals surface area contributed by atoms with Gasteiger partial charge in [-0.3, -0.25) is 9.59 Å². The maximum Gasteiger partial charge on any atom is 0.289 e. The molecule has 0 unspecified atom stereocenters. The first-order valence-corrected chi connectivity index (χ1v) is 8.41. The first kappa shape index (κ1) is 17.1. The number of methoxy groups -OCH3 is 1. The van der Waals surface area contributed by atoms with Gasteiger partial charge in [0, 0.05) is 24.7 Å². The highest BCUT2D eigenvalue weighted by molar-refractivity contribution is 5.91. The van der Waals surface area contributed by atoms with Crippen molar-refractivity contribution in [3.63, 3.8) is 0 Å². The number of hydrogen-bond donors (Lipinski definition) is 1. The number of rotatable bonds is 5. The van der Waals surface area contributed by atoms with Crippen molar-refractivity contribution >= 4 is 11.8 Å². The van der Waals surface area contributed by atoms with Crippen LogP contribution in [0.25, 0.3) is 0 Å². The van der Waals surface area contributed by atoms with Crippen LogP contribution in [0.3, 0.4) is 0 Å². The van der Waals surface area contributed by atoms with Gasteiger partial charge in [0.15, 0.2) is 5.76 Å². The number of nitrogens with zero attached hydrogens (tertiary/aromatic N) is 1. The molecular formula is C19H22N2O4. The molecule has 1 aliphatic rings. The van der Waals surface area contributed by atoms with E-state index < -0.39 is 0 Å². The molecule has 0 radical (unpaired) electrons. The van der Waals surface area contributed by atoms with Crippen LogP contribution < -0.4 is 10.1 Å². The molecule has 0 saturated carbocycles. The maximum atomic E-state index is 12.3. The molecule has 6 nitrogen and oxygen atoms in total. The molecule has 1 saturated heterocycles. The molecule has 1 aromatic carbocycles. The van der Waals surface area contributed by atoms with E-state index in [1.54, 1.807) is 24.1 Å². The number of nitrogens with one attached hydrogen (secondary N) is 1. The second-order valence-electron chi connectivity index (χ2n) is 6.10. The monoisotopic (exact) mass is 342 g/mol. The third-order valence-electron chi connectivity index (χ3n) is 4.42. The van der Waals surface area contributed by atoms with Crippen LogP contribution in [0, 0.1) is 0 Å². The third kappa shape index (κ3) is 4.21. The zero-order valence-corrected chi connectivity index (χ0v) is 14.2. The summed E-state index contributed by atoms with van der Waals surface area (Å²) in [6, 6.07) is 11.0. The summed E-state index contributed by atoms with van der Waals surface area (Å²) in [6.45, 7) is 1.22. The average molecular weight is 342 g/mol. The SMILES string of the molecule is COc1ccccc1CC(=O)NC1CCN(C(=O)c2ccco2)CC1. The van der Waals surface area contributed by atoms with Crippen molar-refractivity contribution in [1.82, 2.24) is 10.2 Å². The molecule has 0 atom stereocenters. The lowest BCUT2D eigenvalue weighted by Crippen LogP contribution is -2.46. The van der Waals surface area contributed by atoms with Crippen LogP contribution in [0.2, 0.25) is 0 Å². The van der Waals surface area contributed by atoms with E-state index in [1.165, 1.54) is 6.26 Å². The fraction of sp³-hybridized carbons (Fsp3) is 0.368. The molecule has 0 bridgehead atoms. The Morgan fingerprint density at radius 2 is 1.96 bits per heavy atom. The molecule has 1 aliphatic heterocycles. The van der Waals surface area contributed by atoms with E-state index in [0.29, 0.717) is 18.8 Å². The molecule has 6 heteroatoms. The predicted molar refractivity (Wildman–Crippen MR) is 92.5 cm³/mol. The zero-order chi connectivity index (χ0) is 17.6. The van der Waals surface area contributed by atoms with E-state index in [9.17, 15) is 9.59 Å². The molecular weight excluding hydrogens is 320 g/mol. The summed E-state index contributed by atoms with van der Waals surface area (Å²) in [5, 5.41) is 3.06. The number of likely N-dealkylation sites (tertiary alicyclic amines) is 1. The van der Waals surface area contributed by atoms with Crippen molar-refractivity contribution in [2.24, 2.45) is 0 Å². The first-order chi connectivity index (χ1) is 12.2. The van der Waals surface area contributed by atoms with Crippen LogP contribution in [-0.2, 0) is 11.2 Å². The number of carbonyl (C=O) groups is 2. The van der Waals surface area contributed by atoms with Crippen molar-refractivity contribution in [2.45, 2.75) is 25.3 Å². The lowest BCUT2D eigenvalue weighted by molar-refractivity contribution is -0.121. The fourth-order valence-corrected chi connectivity index (χ4v) is 3.08. The topological polar surface area (TPSA) is 71.8 Å². The van der Waals surface area contributed by atoms with E-state index in [4.69, 9.17) is 9.15 Å². The van der Waals surface area contributed by atoms with Crippen LogP contribution in [0.5, 0.6) is 5.75 Å². The van der Waals surface area contributed by atoms with Gasteiger partial charge in [-0.05, 0) is 31.0 Å². The number of benzene rings is 1. The standard InChI is InChI=1S/C19H22N2O4/c1-24-16-6-3-2-5-14(16)13-18(22)20-15-8-10-21(11-9-15)19(23)17-7-4-12-25-17/h2-7,12,15H,8-11,13H2,1H3,(H,20,22). The van der Waals surface area contributed by atoms with Crippen LogP contribution in [0.15, 0.2) is 47.1 Å². The van der Waals surface area contributed by atoms with Crippen molar-refractivity contribution < 1.29 is 18.7 Å². The minimum atomic E-state index is -0.0937. The second kappa shape index (κ2) is 7.88. The summed E-state index contributed by atoms with van der Waals surface area (Å²) in [4.78, 5) is 26.3. The van der Waals surface area contributed by atoms with Crippen molar-refractivity contribution in [3.05, 3.63) is 54.0 Å². The Hall–Kier alpha value is -2.76. The molecule has 2 heterocycles. The van der Waals surface area contributed by atoms with E-state index in [-0.39, 0.29) is 24.3 Å². The van der Waals surface area contributed by atoms with Gasteiger partial charge < -0.3 is 19.4 Å². The average Bonchev–Trinajstić information content (AvgIpc) is 3.17. The molecule has 2 amide bonds. The van der Waals surface area contributed by atoms with Crippen molar-refractivity contribution in [1.29, 1.82) is 0 Å². The number of carbonyl (C=O) groups excluding carboxylic acids is 2. The normalized spacial score (nSPS) is 15.0. The highest BCUT2D eigenvalue weighted by Gasteiger charge is 2.25. The van der Waals surface area contributed by atoms with E-state index in [2.05, 4.69) is 5.32 Å². The molecule has 0 aliphatic carbocycles. The number of piperidine rings is 1. The first-order valence-electron chi connectivity index (χ1n) is 8.41. The van der Waals surface area contributed by atoms with Gasteiger partial charge >= 0.3 is 0 Å². The van der Waals surface area contributed by atoms with E-state index in [0.717, 1.165) is 24.2 Å². The van der Waals surface area contributed by atoms with Crippen LogP contribution in [0.4, 0.5) is 0 Å². The van der Waals surface area contributed by atoms with Gasteiger partial charge in [0.1, 0.15) is 5.75 Å². The summed E-state index contributed by atoms with van der Waals surface area (Å²) < 4.78 is 10.4. The summed E-state index contributed by atoms with van der Waals surface area (Å²) in [6.07, 6.45) is 3.27. The molecule has 2 aromatic rings. The van der Waals surface area contributed by atoms with Crippen molar-refractivity contribution in [2.75, 3.05) is 20.2 Å². The van der Waals surface area contributed by atoms with Gasteiger partial charge in [0.2, 0.25) is 5.91 Å². The van der Waals surface area contributed by atoms with E-state index >= 15 is 0 Å². The summed E-state index contributed by atoms with van der Waals surface area (Å²) in [5.41, 5.74) is 0.868. The number of para-hydroxylation sites is 1. The number of ether oxygens (including phenoxy) is 1. The number of hydrogen-bond acceptors (Lipinski definition) is 4. The van der Waals surface area contributed by atoms with E-state index in [1.807, 2.05) is 24.3 Å². The number of furan rings is 1. The minimum absolute atomic E-state index is 0.0275. The minimum Gasteiger partial charge on any atom is -0.496 e. The van der Waals surface area contributed by atoms with Crippen LogP contribution in [-0.4, -0.2) is 43.0 Å². The lowest BCUT2D eigenvalue weighted by Gasteiger charge is -2.32. The summed E-state index contributed by atoms with van der Waals surface area (Å²) in [5.74, 6) is 0.958. The maximum absolute atomic E-state index is 12.3. The molecule has 25 heavy (non-hydrogen) atoms. The number of amides is 2. The molecule has 0 spiro atoms. The Morgan fingerprint density at radius 3 is 2.64 bits per heavy atom. The predicted octanol–water partition coefficient (Wildman–Crippen LogP) is 2.25. The largest absolute Gasteiger partial charge is 0.496 e. The van der Waals surface area contributed by atoms with Gasteiger partial charge in [0.05, 0.1) is 19.8 Å². The highest BCUT2D eigenvalue weighted by atomic mass is 16.5. The van der Waals surface area contributed by atoms with Gasteiger partial charge in [-0.25, -0.2) is 0 Å². The Labute approximate surface area is 146 Å². The quantitative estimate of drug-likeness (QED) is 0.905. The fourth-order valence-electron chi connectivity index (χ4n) is 3.08. The Balaban J connectivity index is 1.49. The molecule has 1 aromatic heterocycles. The highest BCUT2D eigenvalue weighted by Crippen LogP contribution is 2.18. The zero-order valence-electron chi connectivity index (χ0n) is 14.2. The molecule has 1 N–H and O–H groups in total. The van der Waals surface area contributed by atoms with Gasteiger partial charge in [-0.1, -0.05) is 18.2 Å².